The lowest BCUT2D eigenvalue weighted by molar-refractivity contribution is -0.132. The van der Waals surface area contributed by atoms with Gasteiger partial charge in [0, 0.05) is 24.0 Å². The molecule has 5 nitrogen and oxygen atoms in total. The first-order chi connectivity index (χ1) is 13.1. The fourth-order valence-electron chi connectivity index (χ4n) is 3.13. The van der Waals surface area contributed by atoms with Gasteiger partial charge in [-0.05, 0) is 37.1 Å². The largest absolute Gasteiger partial charge is 0.493 e. The summed E-state index contributed by atoms with van der Waals surface area (Å²) >= 11 is 4.33. The van der Waals surface area contributed by atoms with Gasteiger partial charge >= 0.3 is 0 Å². The van der Waals surface area contributed by atoms with Gasteiger partial charge in [0.15, 0.2) is 0 Å². The molecule has 0 bridgehead atoms. The summed E-state index contributed by atoms with van der Waals surface area (Å²) < 4.78 is 5.59. The van der Waals surface area contributed by atoms with Crippen molar-refractivity contribution in [3.63, 3.8) is 0 Å². The SMILES string of the molecule is O=C(NC1CCN(C(=O)CCOc2ccccc2)CC1)c1ccccc1S. The van der Waals surface area contributed by atoms with Crippen LogP contribution in [0.1, 0.15) is 29.6 Å². The van der Waals surface area contributed by atoms with Crippen LogP contribution in [0.2, 0.25) is 0 Å². The molecule has 0 radical (unpaired) electrons. The number of ether oxygens (including phenoxy) is 1. The van der Waals surface area contributed by atoms with Crippen LogP contribution in [0.25, 0.3) is 0 Å². The van der Waals surface area contributed by atoms with E-state index < -0.39 is 0 Å². The normalized spacial score (nSPS) is 14.6. The van der Waals surface area contributed by atoms with E-state index in [4.69, 9.17) is 4.74 Å². The molecule has 142 valence electrons. The molecule has 0 aromatic heterocycles. The molecular weight excluding hydrogens is 360 g/mol. The van der Waals surface area contributed by atoms with Crippen LogP contribution in [0.5, 0.6) is 5.75 Å². The average molecular weight is 385 g/mol. The molecule has 1 heterocycles. The molecule has 1 aliphatic heterocycles. The molecule has 1 N–H and O–H groups in total. The second-order valence-corrected chi connectivity index (χ2v) is 7.04. The van der Waals surface area contributed by atoms with Crippen LogP contribution < -0.4 is 10.1 Å². The first-order valence-electron chi connectivity index (χ1n) is 9.18. The Bertz CT molecular complexity index is 774. The second kappa shape index (κ2) is 9.46. The lowest BCUT2D eigenvalue weighted by atomic mass is 10.0. The molecule has 2 amide bonds. The number of amides is 2. The Kier molecular flexibility index (Phi) is 6.76. The Morgan fingerprint density at radius 3 is 2.41 bits per heavy atom. The van der Waals surface area contributed by atoms with Crippen molar-refractivity contribution in [2.24, 2.45) is 0 Å². The van der Waals surface area contributed by atoms with Crippen molar-refractivity contribution in [2.45, 2.75) is 30.2 Å². The summed E-state index contributed by atoms with van der Waals surface area (Å²) in [4.78, 5) is 27.2. The number of nitrogens with one attached hydrogen (secondary N) is 1. The summed E-state index contributed by atoms with van der Waals surface area (Å²) in [6.45, 7) is 1.67. The van der Waals surface area contributed by atoms with E-state index in [0.717, 1.165) is 18.6 Å². The van der Waals surface area contributed by atoms with E-state index in [9.17, 15) is 9.59 Å². The van der Waals surface area contributed by atoms with Gasteiger partial charge < -0.3 is 15.0 Å². The van der Waals surface area contributed by atoms with E-state index in [1.165, 1.54) is 0 Å². The van der Waals surface area contributed by atoms with Gasteiger partial charge in [0.25, 0.3) is 5.91 Å². The molecule has 27 heavy (non-hydrogen) atoms. The number of thiol groups is 1. The molecule has 1 aliphatic rings. The fraction of sp³-hybridized carbons (Fsp3) is 0.333. The van der Waals surface area contributed by atoms with Gasteiger partial charge in [0.05, 0.1) is 18.6 Å². The van der Waals surface area contributed by atoms with Crippen LogP contribution in [0.4, 0.5) is 0 Å². The van der Waals surface area contributed by atoms with Gasteiger partial charge in [-0.2, -0.15) is 0 Å². The predicted octanol–water partition coefficient (Wildman–Crippen LogP) is 3.17. The highest BCUT2D eigenvalue weighted by molar-refractivity contribution is 7.80. The van der Waals surface area contributed by atoms with E-state index >= 15 is 0 Å². The number of hydrogen-bond donors (Lipinski definition) is 2. The van der Waals surface area contributed by atoms with Crippen molar-refractivity contribution in [1.82, 2.24) is 10.2 Å². The van der Waals surface area contributed by atoms with Gasteiger partial charge in [-0.3, -0.25) is 9.59 Å². The Labute approximate surface area is 165 Å². The molecule has 0 saturated carbocycles. The third-order valence-electron chi connectivity index (χ3n) is 4.66. The lowest BCUT2D eigenvalue weighted by Crippen LogP contribution is -2.46. The Hall–Kier alpha value is -2.47. The molecule has 0 unspecified atom stereocenters. The van der Waals surface area contributed by atoms with Crippen molar-refractivity contribution in [1.29, 1.82) is 0 Å². The van der Waals surface area contributed by atoms with Crippen LogP contribution >= 0.6 is 12.6 Å². The van der Waals surface area contributed by atoms with Crippen LogP contribution in [0, 0.1) is 0 Å². The maximum Gasteiger partial charge on any atom is 0.252 e. The van der Waals surface area contributed by atoms with Gasteiger partial charge in [-0.1, -0.05) is 30.3 Å². The van der Waals surface area contributed by atoms with Gasteiger partial charge in [0.1, 0.15) is 5.75 Å². The van der Waals surface area contributed by atoms with E-state index in [-0.39, 0.29) is 17.9 Å². The topological polar surface area (TPSA) is 58.6 Å². The number of benzene rings is 2. The summed E-state index contributed by atoms with van der Waals surface area (Å²) in [6.07, 6.45) is 1.87. The number of rotatable bonds is 6. The van der Waals surface area contributed by atoms with Crippen LogP contribution in [0.3, 0.4) is 0 Å². The number of nitrogens with zero attached hydrogens (tertiary/aromatic N) is 1. The Morgan fingerprint density at radius 1 is 1.04 bits per heavy atom. The Balaban J connectivity index is 1.40. The van der Waals surface area contributed by atoms with Crippen molar-refractivity contribution >= 4 is 24.4 Å². The highest BCUT2D eigenvalue weighted by Crippen LogP contribution is 2.16. The maximum atomic E-state index is 12.4. The highest BCUT2D eigenvalue weighted by atomic mass is 32.1. The average Bonchev–Trinajstić information content (AvgIpc) is 2.69. The van der Waals surface area contributed by atoms with E-state index in [0.29, 0.717) is 36.6 Å². The zero-order valence-electron chi connectivity index (χ0n) is 15.1. The molecule has 0 aliphatic carbocycles. The standard InChI is InChI=1S/C21H24N2O3S/c24-20(12-15-26-17-6-2-1-3-7-17)23-13-10-16(11-14-23)22-21(25)18-8-4-5-9-19(18)27/h1-9,16,27H,10-15H2,(H,22,25). The minimum absolute atomic E-state index is 0.0788. The smallest absolute Gasteiger partial charge is 0.252 e. The van der Waals surface area contributed by atoms with Crippen molar-refractivity contribution in [3.8, 4) is 5.75 Å². The van der Waals surface area contributed by atoms with Gasteiger partial charge in [-0.25, -0.2) is 0 Å². The molecular formula is C21H24N2O3S. The first kappa shape index (κ1) is 19.3. The first-order valence-corrected chi connectivity index (χ1v) is 9.62. The molecule has 1 saturated heterocycles. The summed E-state index contributed by atoms with van der Waals surface area (Å²) in [5.74, 6) is 0.759. The minimum atomic E-state index is -0.110. The summed E-state index contributed by atoms with van der Waals surface area (Å²) in [5, 5.41) is 3.05. The number of carbonyl (C=O) groups is 2. The lowest BCUT2D eigenvalue weighted by Gasteiger charge is -2.32. The number of para-hydroxylation sites is 1. The zero-order chi connectivity index (χ0) is 19.1. The van der Waals surface area contributed by atoms with Gasteiger partial charge in [0.2, 0.25) is 5.91 Å². The Morgan fingerprint density at radius 2 is 1.70 bits per heavy atom. The quantitative estimate of drug-likeness (QED) is 0.752. The summed E-state index contributed by atoms with van der Waals surface area (Å²) in [7, 11) is 0. The number of hydrogen-bond acceptors (Lipinski definition) is 4. The molecule has 3 rings (SSSR count). The summed E-state index contributed by atoms with van der Waals surface area (Å²) in [6, 6.07) is 16.8. The highest BCUT2D eigenvalue weighted by Gasteiger charge is 2.24. The van der Waals surface area contributed by atoms with Crippen molar-refractivity contribution in [3.05, 3.63) is 60.2 Å². The van der Waals surface area contributed by atoms with Crippen LogP contribution in [-0.2, 0) is 4.79 Å². The molecule has 0 atom stereocenters. The second-order valence-electron chi connectivity index (χ2n) is 6.56. The van der Waals surface area contributed by atoms with E-state index in [1.54, 1.807) is 12.1 Å². The van der Waals surface area contributed by atoms with E-state index in [2.05, 4.69) is 17.9 Å². The molecule has 1 fully saturated rings. The monoisotopic (exact) mass is 384 g/mol. The number of piperidine rings is 1. The van der Waals surface area contributed by atoms with Gasteiger partial charge in [-0.15, -0.1) is 12.6 Å². The molecule has 6 heteroatoms. The maximum absolute atomic E-state index is 12.4. The zero-order valence-corrected chi connectivity index (χ0v) is 16.0. The van der Waals surface area contributed by atoms with Crippen molar-refractivity contribution < 1.29 is 14.3 Å². The van der Waals surface area contributed by atoms with Crippen LogP contribution in [-0.4, -0.2) is 42.5 Å². The molecule has 2 aromatic rings. The predicted molar refractivity (Wildman–Crippen MR) is 107 cm³/mol. The minimum Gasteiger partial charge on any atom is -0.493 e. The molecule has 0 spiro atoms. The van der Waals surface area contributed by atoms with Crippen molar-refractivity contribution in [2.75, 3.05) is 19.7 Å². The number of carbonyl (C=O) groups excluding carboxylic acids is 2. The summed E-state index contributed by atoms with van der Waals surface area (Å²) in [5.41, 5.74) is 0.581. The van der Waals surface area contributed by atoms with E-state index in [1.807, 2.05) is 47.4 Å². The third-order valence-corrected chi connectivity index (χ3v) is 5.05. The van der Waals surface area contributed by atoms with Crippen LogP contribution in [0.15, 0.2) is 59.5 Å². The fourth-order valence-corrected chi connectivity index (χ4v) is 3.40. The number of likely N-dealkylation sites (tertiary alicyclic amines) is 1. The molecule has 2 aromatic carbocycles. The third kappa shape index (κ3) is 5.50.